The van der Waals surface area contributed by atoms with Crippen LogP contribution in [0, 0.1) is 5.82 Å². The van der Waals surface area contributed by atoms with Crippen molar-refractivity contribution in [3.63, 3.8) is 0 Å². The summed E-state index contributed by atoms with van der Waals surface area (Å²) >= 11 is 0. The summed E-state index contributed by atoms with van der Waals surface area (Å²) in [6.45, 7) is 18.6. The van der Waals surface area contributed by atoms with E-state index in [1.54, 1.807) is 0 Å². The van der Waals surface area contributed by atoms with Crippen molar-refractivity contribution in [2.75, 3.05) is 13.8 Å². The van der Waals surface area contributed by atoms with Gasteiger partial charge in [0.05, 0.1) is 24.7 Å². The van der Waals surface area contributed by atoms with Crippen LogP contribution < -0.4 is 10.2 Å². The predicted molar refractivity (Wildman–Crippen MR) is 161 cm³/mol. The van der Waals surface area contributed by atoms with Crippen molar-refractivity contribution in [2.24, 2.45) is 0 Å². The van der Waals surface area contributed by atoms with Gasteiger partial charge in [-0.05, 0) is 88.3 Å². The number of carbonyl (C=O) groups excluding carboxylic acids is 1. The van der Waals surface area contributed by atoms with E-state index in [1.165, 1.54) is 25.3 Å². The zero-order valence-corrected chi connectivity index (χ0v) is 26.2. The van der Waals surface area contributed by atoms with Gasteiger partial charge in [-0.2, -0.15) is 0 Å². The van der Waals surface area contributed by atoms with Crippen molar-refractivity contribution in [1.82, 2.24) is 4.57 Å². The molecular weight excluding hydrogens is 515 g/mol. The van der Waals surface area contributed by atoms with Gasteiger partial charge in [-0.15, -0.1) is 9.24 Å². The number of rotatable bonds is 7. The van der Waals surface area contributed by atoms with Crippen LogP contribution in [-0.4, -0.2) is 42.6 Å². The molecule has 1 atom stereocenters. The van der Waals surface area contributed by atoms with E-state index in [2.05, 4.69) is 46.0 Å². The van der Waals surface area contributed by atoms with Crippen molar-refractivity contribution in [1.29, 1.82) is 0 Å². The second kappa shape index (κ2) is 13.8. The normalized spacial score (nSPS) is 15.4. The molecule has 3 aromatic rings. The van der Waals surface area contributed by atoms with E-state index in [1.807, 2.05) is 54.3 Å². The summed E-state index contributed by atoms with van der Waals surface area (Å²) in [6, 6.07) is 10.6. The lowest BCUT2D eigenvalue weighted by Gasteiger charge is -2.32. The van der Waals surface area contributed by atoms with Crippen LogP contribution in [0.2, 0.25) is 0 Å². The molecule has 0 amide bonds. The number of aromatic nitrogens is 1. The molecule has 1 aromatic heterocycles. The highest BCUT2D eigenvalue weighted by molar-refractivity contribution is 7.15. The number of nitrogens with zero attached hydrogens (tertiary/aromatic N) is 1. The molecule has 1 aliphatic heterocycles. The van der Waals surface area contributed by atoms with Gasteiger partial charge in [0.1, 0.15) is 18.2 Å². The predicted octanol–water partition coefficient (Wildman–Crippen LogP) is 6.47. The van der Waals surface area contributed by atoms with E-state index in [0.717, 1.165) is 21.9 Å². The van der Waals surface area contributed by atoms with Gasteiger partial charge in [0.15, 0.2) is 0 Å². The number of esters is 1. The van der Waals surface area contributed by atoms with Gasteiger partial charge in [0.25, 0.3) is 0 Å². The van der Waals surface area contributed by atoms with Crippen LogP contribution in [0.4, 0.5) is 4.39 Å². The Morgan fingerprint density at radius 2 is 1.67 bits per heavy atom. The number of hydrogen-bond acceptors (Lipinski definition) is 5. The SMILES string of the molecule is CC.COC(=O)Cc1cc(F)ccc1OCc1cc(B2OC(C)(C)C(C)(C)O2)c2ccn(C(C)C)c2c1.CP. The minimum Gasteiger partial charge on any atom is -0.489 e. The topological polar surface area (TPSA) is 58.9 Å². The zero-order valence-electron chi connectivity index (χ0n) is 25.1. The van der Waals surface area contributed by atoms with Crippen LogP contribution in [0.3, 0.4) is 0 Å². The van der Waals surface area contributed by atoms with Crippen molar-refractivity contribution in [3.05, 3.63) is 59.5 Å². The Hall–Kier alpha value is -2.41. The van der Waals surface area contributed by atoms with Crippen molar-refractivity contribution < 1.29 is 28.0 Å². The highest BCUT2D eigenvalue weighted by Crippen LogP contribution is 2.37. The Labute approximate surface area is 235 Å². The molecule has 6 nitrogen and oxygen atoms in total. The summed E-state index contributed by atoms with van der Waals surface area (Å²) in [4.78, 5) is 11.8. The third kappa shape index (κ3) is 7.42. The van der Waals surface area contributed by atoms with Gasteiger partial charge in [-0.25, -0.2) is 4.39 Å². The minimum absolute atomic E-state index is 0.0714. The monoisotopic (exact) mass is 559 g/mol. The maximum atomic E-state index is 13.8. The minimum atomic E-state index is -0.522. The van der Waals surface area contributed by atoms with Crippen molar-refractivity contribution in [3.8, 4) is 5.75 Å². The van der Waals surface area contributed by atoms with Crippen molar-refractivity contribution in [2.45, 2.75) is 85.7 Å². The number of ether oxygens (including phenoxy) is 2. The average molecular weight is 559 g/mol. The molecule has 39 heavy (non-hydrogen) atoms. The molecule has 0 aliphatic carbocycles. The molecule has 0 radical (unpaired) electrons. The van der Waals surface area contributed by atoms with Crippen LogP contribution in [0.25, 0.3) is 10.9 Å². The standard InChI is InChI=1S/C27H33BFNO5.C2H6.CH5P/c1-17(2)30-11-10-21-22(28-34-26(3,4)27(5,6)35-28)12-18(13-23(21)30)16-33-24-9-8-20(29)14-19(24)15-25(31)32-7;2*1-2/h8-14,17H,15-16H2,1-7H3;1-2H3;2H2,1H3. The molecule has 1 unspecified atom stereocenters. The fourth-order valence-corrected chi connectivity index (χ4v) is 4.27. The lowest BCUT2D eigenvalue weighted by atomic mass is 9.76. The largest absolute Gasteiger partial charge is 0.495 e. The number of hydrogen-bond donors (Lipinski definition) is 0. The van der Waals surface area contributed by atoms with E-state index in [-0.39, 0.29) is 19.1 Å². The van der Waals surface area contributed by atoms with Gasteiger partial charge < -0.3 is 23.3 Å². The molecular formula is C30H44BFNO5P. The molecule has 0 bridgehead atoms. The number of methoxy groups -OCH3 is 1. The first-order valence-electron chi connectivity index (χ1n) is 13.5. The Balaban J connectivity index is 0.00000127. The number of benzene rings is 2. The number of halogens is 1. The molecule has 1 saturated heterocycles. The second-order valence-corrected chi connectivity index (χ2v) is 10.3. The van der Waals surface area contributed by atoms with Gasteiger partial charge in [0, 0.05) is 23.3 Å². The molecule has 1 aliphatic rings. The van der Waals surface area contributed by atoms with E-state index in [9.17, 15) is 9.18 Å². The third-order valence-electron chi connectivity index (χ3n) is 6.97. The maximum Gasteiger partial charge on any atom is 0.495 e. The first kappa shape index (κ1) is 32.8. The molecule has 9 heteroatoms. The quantitative estimate of drug-likeness (QED) is 0.189. The van der Waals surface area contributed by atoms with E-state index in [0.29, 0.717) is 11.3 Å². The summed E-state index contributed by atoms with van der Waals surface area (Å²) in [5, 5.41) is 1.06. The molecule has 0 spiro atoms. The Morgan fingerprint density at radius 1 is 1.05 bits per heavy atom. The molecule has 1 fully saturated rings. The first-order chi connectivity index (χ1) is 18.4. The van der Waals surface area contributed by atoms with Crippen LogP contribution in [-0.2, 0) is 31.9 Å². The van der Waals surface area contributed by atoms with Crippen LogP contribution >= 0.6 is 9.24 Å². The Morgan fingerprint density at radius 3 is 2.23 bits per heavy atom. The highest BCUT2D eigenvalue weighted by Gasteiger charge is 2.52. The van der Waals surface area contributed by atoms with Gasteiger partial charge >= 0.3 is 13.1 Å². The first-order valence-corrected chi connectivity index (χ1v) is 14.6. The fraction of sp³-hybridized carbons (Fsp3) is 0.500. The summed E-state index contributed by atoms with van der Waals surface area (Å²) in [7, 11) is 3.20. The van der Waals surface area contributed by atoms with Gasteiger partial charge in [-0.1, -0.05) is 26.6 Å². The molecule has 0 saturated carbocycles. The molecule has 2 aromatic carbocycles. The van der Waals surface area contributed by atoms with E-state index in [4.69, 9.17) is 18.8 Å². The summed E-state index contributed by atoms with van der Waals surface area (Å²) in [5.74, 6) is -0.455. The molecule has 2 heterocycles. The second-order valence-electron chi connectivity index (χ2n) is 10.3. The van der Waals surface area contributed by atoms with Crippen LogP contribution in [0.5, 0.6) is 5.75 Å². The molecule has 4 rings (SSSR count). The maximum absolute atomic E-state index is 13.8. The average Bonchev–Trinajstić information content (AvgIpc) is 3.42. The fourth-order valence-electron chi connectivity index (χ4n) is 4.27. The number of fused-ring (bicyclic) bond motifs is 1. The van der Waals surface area contributed by atoms with E-state index < -0.39 is 30.1 Å². The summed E-state index contributed by atoms with van der Waals surface area (Å²) in [5.41, 5.74) is 2.42. The van der Waals surface area contributed by atoms with Gasteiger partial charge in [-0.3, -0.25) is 4.79 Å². The molecule has 0 N–H and O–H groups in total. The van der Waals surface area contributed by atoms with Crippen molar-refractivity contribution >= 4 is 38.7 Å². The van der Waals surface area contributed by atoms with E-state index >= 15 is 0 Å². The smallest absolute Gasteiger partial charge is 0.489 e. The summed E-state index contributed by atoms with van der Waals surface area (Å²) < 4.78 is 39.6. The highest BCUT2D eigenvalue weighted by atomic mass is 31.0. The van der Waals surface area contributed by atoms with Crippen LogP contribution in [0.1, 0.15) is 72.6 Å². The van der Waals surface area contributed by atoms with Crippen LogP contribution in [0.15, 0.2) is 42.6 Å². The van der Waals surface area contributed by atoms with Gasteiger partial charge in [0.2, 0.25) is 0 Å². The third-order valence-corrected chi connectivity index (χ3v) is 6.97. The summed E-state index contributed by atoms with van der Waals surface area (Å²) in [6.07, 6.45) is 2.00. The number of carbonyl (C=O) groups is 1. The lowest BCUT2D eigenvalue weighted by molar-refractivity contribution is -0.139. The lowest BCUT2D eigenvalue weighted by Crippen LogP contribution is -2.41. The Bertz CT molecular complexity index is 1240. The molecule has 214 valence electrons. The Kier molecular flexibility index (Phi) is 11.6. The zero-order chi connectivity index (χ0) is 29.5.